The second-order valence-corrected chi connectivity index (χ2v) is 8.68. The summed E-state index contributed by atoms with van der Waals surface area (Å²) in [5.41, 5.74) is 3.33. The molecule has 0 aliphatic carbocycles. The summed E-state index contributed by atoms with van der Waals surface area (Å²) in [6, 6.07) is 21.0. The first kappa shape index (κ1) is 26.2. The molecule has 4 aromatic rings. The zero-order chi connectivity index (χ0) is 27.9. The van der Waals surface area contributed by atoms with Crippen molar-refractivity contribution in [1.82, 2.24) is 20.4 Å². The molecule has 2 aromatic heterocycles. The number of para-hydroxylation sites is 1. The van der Waals surface area contributed by atoms with Crippen molar-refractivity contribution in [2.45, 2.75) is 13.0 Å². The lowest BCUT2D eigenvalue weighted by Gasteiger charge is -2.27. The summed E-state index contributed by atoms with van der Waals surface area (Å²) in [5, 5.41) is 9.92. The summed E-state index contributed by atoms with van der Waals surface area (Å²) in [5.74, 6) is -1.01. The highest BCUT2D eigenvalue weighted by Crippen LogP contribution is 2.28. The van der Waals surface area contributed by atoms with Gasteiger partial charge in [-0.15, -0.1) is 0 Å². The third kappa shape index (κ3) is 5.86. The summed E-state index contributed by atoms with van der Waals surface area (Å²) < 4.78 is 17.8. The van der Waals surface area contributed by atoms with Crippen molar-refractivity contribution in [2.75, 3.05) is 13.2 Å². The van der Waals surface area contributed by atoms with Crippen LogP contribution in [0.15, 0.2) is 107 Å². The van der Waals surface area contributed by atoms with Crippen LogP contribution < -0.4 is 10.6 Å². The highest BCUT2D eigenvalue weighted by atomic mass is 16.5. The first-order valence-electron chi connectivity index (χ1n) is 12.6. The Morgan fingerprint density at radius 2 is 1.77 bits per heavy atom. The fraction of sp³-hybridized carbons (Fsp3) is 0.133. The molecule has 2 aromatic carbocycles. The quantitative estimate of drug-likeness (QED) is 0.236. The molecule has 202 valence electrons. The number of nitrogens with one attached hydrogen (secondary N) is 2. The average molecular weight is 539 g/mol. The van der Waals surface area contributed by atoms with Crippen LogP contribution in [0.4, 0.5) is 4.79 Å². The van der Waals surface area contributed by atoms with E-state index in [4.69, 9.17) is 19.0 Å². The Bertz CT molecular complexity index is 1560. The van der Waals surface area contributed by atoms with E-state index in [1.807, 2.05) is 66.9 Å². The van der Waals surface area contributed by atoms with Crippen molar-refractivity contribution in [1.29, 1.82) is 0 Å². The summed E-state index contributed by atoms with van der Waals surface area (Å²) in [7, 11) is 0. The van der Waals surface area contributed by atoms with Crippen LogP contribution in [-0.2, 0) is 19.1 Å². The normalized spacial score (nSPS) is 15.0. The second kappa shape index (κ2) is 12.0. The molecule has 0 fully saturated rings. The molecule has 5 rings (SSSR count). The van der Waals surface area contributed by atoms with E-state index >= 15 is 0 Å². The third-order valence-electron chi connectivity index (χ3n) is 6.04. The largest absolute Gasteiger partial charge is 0.467 e. The number of carbonyl (C=O) groups excluding carboxylic acids is 3. The van der Waals surface area contributed by atoms with Gasteiger partial charge in [-0.1, -0.05) is 48.5 Å². The highest BCUT2D eigenvalue weighted by Gasteiger charge is 2.35. The minimum absolute atomic E-state index is 0.0867. The number of carbonyl (C=O) groups is 3. The molecule has 2 N–H and O–H groups in total. The molecule has 0 spiro atoms. The minimum Gasteiger partial charge on any atom is -0.467 e. The first-order valence-corrected chi connectivity index (χ1v) is 12.6. The number of hydrogen-bond donors (Lipinski definition) is 2. The zero-order valence-electron chi connectivity index (χ0n) is 21.6. The number of nitrogens with zero attached hydrogens (tertiary/aromatic N) is 2. The minimum atomic E-state index is -0.899. The maximum Gasteiger partial charge on any atom is 0.338 e. The summed E-state index contributed by atoms with van der Waals surface area (Å²) in [4.78, 5) is 37.9. The van der Waals surface area contributed by atoms with Gasteiger partial charge < -0.3 is 24.5 Å². The Hall–Kier alpha value is -5.38. The lowest BCUT2D eigenvalue weighted by atomic mass is 10.0. The predicted molar refractivity (Wildman–Crippen MR) is 146 cm³/mol. The molecule has 2 amide bonds. The van der Waals surface area contributed by atoms with Gasteiger partial charge in [0.05, 0.1) is 35.5 Å². The molecule has 3 heterocycles. The Morgan fingerprint density at radius 3 is 2.48 bits per heavy atom. The Morgan fingerprint density at radius 1 is 1.02 bits per heavy atom. The molecule has 0 radical (unpaired) electrons. The molecular weight excluding hydrogens is 512 g/mol. The molecule has 1 atom stereocenters. The molecule has 1 aliphatic rings. The van der Waals surface area contributed by atoms with Crippen LogP contribution in [-0.4, -0.2) is 41.0 Å². The standard InChI is InChI=1S/C30H26N4O6/c1-2-38-29(36)26-23(31-30(37)32-28(26)24-14-9-17-39-24)19-40-25(35)16-15-21-18-34(22-12-7-4-8-13-22)33-27(21)20-10-5-3-6-11-20/h3-18,28H,2,19H2,1H3,(H2,31,32,37)/b16-15-/t28-/m1/s1. The van der Waals surface area contributed by atoms with Gasteiger partial charge in [-0.25, -0.2) is 19.1 Å². The van der Waals surface area contributed by atoms with Gasteiger partial charge in [-0.3, -0.25) is 0 Å². The van der Waals surface area contributed by atoms with Crippen LogP contribution in [0.25, 0.3) is 23.0 Å². The van der Waals surface area contributed by atoms with E-state index < -0.39 is 24.0 Å². The van der Waals surface area contributed by atoms with E-state index in [1.165, 1.54) is 12.3 Å². The van der Waals surface area contributed by atoms with Gasteiger partial charge in [-0.05, 0) is 37.3 Å². The smallest absolute Gasteiger partial charge is 0.338 e. The van der Waals surface area contributed by atoms with Crippen LogP contribution >= 0.6 is 0 Å². The summed E-state index contributed by atoms with van der Waals surface area (Å²) >= 11 is 0. The van der Waals surface area contributed by atoms with Gasteiger partial charge in [0.15, 0.2) is 0 Å². The number of amides is 2. The lowest BCUT2D eigenvalue weighted by Crippen LogP contribution is -2.47. The molecule has 10 heteroatoms. The molecular formula is C30H26N4O6. The van der Waals surface area contributed by atoms with Gasteiger partial charge in [0, 0.05) is 23.4 Å². The SMILES string of the molecule is CCOC(=O)C1=C(COC(=O)/C=C\c2cn(-c3ccccc3)nc2-c2ccccc2)NC(=O)N[C@@H]1c1ccco1. The van der Waals surface area contributed by atoms with Crippen LogP contribution in [0.3, 0.4) is 0 Å². The first-order chi connectivity index (χ1) is 19.5. The maximum absolute atomic E-state index is 12.8. The topological polar surface area (TPSA) is 125 Å². The Labute approximate surface area is 229 Å². The van der Waals surface area contributed by atoms with Crippen LogP contribution in [0, 0.1) is 0 Å². The lowest BCUT2D eigenvalue weighted by molar-refractivity contribution is -0.140. The molecule has 1 aliphatic heterocycles. The monoisotopic (exact) mass is 538 g/mol. The number of furan rings is 1. The van der Waals surface area contributed by atoms with Crippen molar-refractivity contribution in [2.24, 2.45) is 0 Å². The van der Waals surface area contributed by atoms with Crippen molar-refractivity contribution in [3.05, 3.63) is 114 Å². The number of esters is 2. The summed E-state index contributed by atoms with van der Waals surface area (Å²) in [6.07, 6.45) is 6.14. The third-order valence-corrected chi connectivity index (χ3v) is 6.04. The van der Waals surface area contributed by atoms with Crippen molar-refractivity contribution >= 4 is 24.0 Å². The molecule has 0 saturated carbocycles. The predicted octanol–water partition coefficient (Wildman–Crippen LogP) is 4.56. The number of urea groups is 1. The van der Waals surface area contributed by atoms with Crippen molar-refractivity contribution in [3.63, 3.8) is 0 Å². The Balaban J connectivity index is 1.38. The zero-order valence-corrected chi connectivity index (χ0v) is 21.6. The van der Waals surface area contributed by atoms with Gasteiger partial charge in [0.1, 0.15) is 18.4 Å². The van der Waals surface area contributed by atoms with E-state index in [9.17, 15) is 14.4 Å². The molecule has 0 bridgehead atoms. The van der Waals surface area contributed by atoms with E-state index in [1.54, 1.807) is 29.8 Å². The number of rotatable bonds is 9. The fourth-order valence-electron chi connectivity index (χ4n) is 4.24. The number of aromatic nitrogens is 2. The highest BCUT2D eigenvalue weighted by molar-refractivity contribution is 5.95. The molecule has 10 nitrogen and oxygen atoms in total. The Kier molecular flexibility index (Phi) is 7.87. The van der Waals surface area contributed by atoms with Crippen molar-refractivity contribution in [3.8, 4) is 16.9 Å². The van der Waals surface area contributed by atoms with Gasteiger partial charge in [-0.2, -0.15) is 5.10 Å². The number of benzene rings is 2. The van der Waals surface area contributed by atoms with Gasteiger partial charge in [0.2, 0.25) is 0 Å². The molecule has 0 unspecified atom stereocenters. The van der Waals surface area contributed by atoms with E-state index in [2.05, 4.69) is 10.6 Å². The van der Waals surface area contributed by atoms with Gasteiger partial charge in [0.25, 0.3) is 0 Å². The van der Waals surface area contributed by atoms with Crippen LogP contribution in [0.1, 0.15) is 24.3 Å². The molecule has 40 heavy (non-hydrogen) atoms. The number of ether oxygens (including phenoxy) is 2. The van der Waals surface area contributed by atoms with Crippen LogP contribution in [0.2, 0.25) is 0 Å². The van der Waals surface area contributed by atoms with Crippen LogP contribution in [0.5, 0.6) is 0 Å². The maximum atomic E-state index is 12.8. The second-order valence-electron chi connectivity index (χ2n) is 8.68. The van der Waals surface area contributed by atoms with E-state index in [-0.39, 0.29) is 24.5 Å². The van der Waals surface area contributed by atoms with E-state index in [0.717, 1.165) is 11.3 Å². The number of hydrogen-bond acceptors (Lipinski definition) is 7. The van der Waals surface area contributed by atoms with Crippen molar-refractivity contribution < 1.29 is 28.3 Å². The van der Waals surface area contributed by atoms with E-state index in [0.29, 0.717) is 17.0 Å². The average Bonchev–Trinajstić information content (AvgIpc) is 3.67. The summed E-state index contributed by atoms with van der Waals surface area (Å²) in [6.45, 7) is 1.43. The fourth-order valence-corrected chi connectivity index (χ4v) is 4.24. The molecule has 0 saturated heterocycles. The van der Waals surface area contributed by atoms with Gasteiger partial charge >= 0.3 is 18.0 Å².